The van der Waals surface area contributed by atoms with Crippen LogP contribution in [0.3, 0.4) is 0 Å². The van der Waals surface area contributed by atoms with E-state index >= 15 is 0 Å². The van der Waals surface area contributed by atoms with Crippen molar-refractivity contribution in [3.8, 4) is 0 Å². The van der Waals surface area contributed by atoms with E-state index in [-0.39, 0.29) is 5.92 Å². The molecule has 3 rings (SSSR count). The van der Waals surface area contributed by atoms with E-state index in [1.54, 1.807) is 0 Å². The van der Waals surface area contributed by atoms with E-state index < -0.39 is 0 Å². The predicted molar refractivity (Wildman–Crippen MR) is 78.3 cm³/mol. The lowest BCUT2D eigenvalue weighted by molar-refractivity contribution is 0.0291. The second kappa shape index (κ2) is 5.70. The molecule has 1 aromatic rings. The van der Waals surface area contributed by atoms with E-state index in [1.165, 1.54) is 17.0 Å². The fraction of sp³-hybridized carbons (Fsp3) is 0.688. The number of fused-ring (bicyclic) bond motifs is 1. The fourth-order valence-corrected chi connectivity index (χ4v) is 3.51. The number of nitrogens with one attached hydrogen (secondary N) is 1. The van der Waals surface area contributed by atoms with Crippen LogP contribution in [-0.2, 0) is 17.6 Å². The van der Waals surface area contributed by atoms with Crippen LogP contribution in [0.4, 0.5) is 0 Å². The van der Waals surface area contributed by atoms with Crippen molar-refractivity contribution in [1.29, 1.82) is 0 Å². The maximum Gasteiger partial charge on any atom is 0.169 e. The van der Waals surface area contributed by atoms with Gasteiger partial charge in [-0.05, 0) is 31.7 Å². The highest BCUT2D eigenvalue weighted by molar-refractivity contribution is 6.01. The van der Waals surface area contributed by atoms with Crippen LogP contribution in [0.15, 0.2) is 0 Å². The van der Waals surface area contributed by atoms with Crippen LogP contribution in [-0.4, -0.2) is 48.5 Å². The maximum atomic E-state index is 12.8. The summed E-state index contributed by atoms with van der Waals surface area (Å²) in [7, 11) is 0. The molecule has 20 heavy (non-hydrogen) atoms. The highest BCUT2D eigenvalue weighted by Crippen LogP contribution is 2.30. The Morgan fingerprint density at radius 2 is 2.10 bits per heavy atom. The Kier molecular flexibility index (Phi) is 3.94. The van der Waals surface area contributed by atoms with Crippen LogP contribution in [0.1, 0.15) is 40.7 Å². The number of aryl methyl sites for hydroxylation is 2. The number of H-pyrrole nitrogens is 1. The topological polar surface area (TPSA) is 45.3 Å². The van der Waals surface area contributed by atoms with Gasteiger partial charge in [-0.1, -0.05) is 6.92 Å². The summed E-state index contributed by atoms with van der Waals surface area (Å²) < 4.78 is 5.38. The second-order valence-corrected chi connectivity index (χ2v) is 5.95. The van der Waals surface area contributed by atoms with Crippen LogP contribution in [0.2, 0.25) is 0 Å². The normalized spacial score (nSPS) is 23.9. The van der Waals surface area contributed by atoms with Crippen molar-refractivity contribution < 1.29 is 9.53 Å². The van der Waals surface area contributed by atoms with E-state index in [9.17, 15) is 4.79 Å². The summed E-state index contributed by atoms with van der Waals surface area (Å²) in [5.74, 6) is 0.519. The van der Waals surface area contributed by atoms with Gasteiger partial charge in [0.1, 0.15) is 0 Å². The zero-order valence-electron chi connectivity index (χ0n) is 12.5. The van der Waals surface area contributed by atoms with Gasteiger partial charge in [-0.25, -0.2) is 0 Å². The van der Waals surface area contributed by atoms with Crippen molar-refractivity contribution in [3.05, 3.63) is 22.5 Å². The number of morpholine rings is 1. The predicted octanol–water partition coefficient (Wildman–Crippen LogP) is 1.96. The third kappa shape index (κ3) is 2.42. The minimum atomic E-state index is 0.166. The zero-order chi connectivity index (χ0) is 14.1. The van der Waals surface area contributed by atoms with Gasteiger partial charge in [0, 0.05) is 42.5 Å². The van der Waals surface area contributed by atoms with Gasteiger partial charge in [0.15, 0.2) is 5.78 Å². The van der Waals surface area contributed by atoms with Gasteiger partial charge in [0.25, 0.3) is 0 Å². The zero-order valence-corrected chi connectivity index (χ0v) is 12.5. The van der Waals surface area contributed by atoms with Crippen molar-refractivity contribution in [2.75, 3.05) is 32.8 Å². The Morgan fingerprint density at radius 3 is 2.80 bits per heavy atom. The van der Waals surface area contributed by atoms with E-state index in [2.05, 4.69) is 23.7 Å². The molecule has 0 radical (unpaired) electrons. The lowest BCUT2D eigenvalue weighted by atomic mass is 9.84. The van der Waals surface area contributed by atoms with Gasteiger partial charge in [0.2, 0.25) is 0 Å². The lowest BCUT2D eigenvalue weighted by Crippen LogP contribution is -2.42. The number of aromatic nitrogens is 1. The van der Waals surface area contributed by atoms with Gasteiger partial charge in [-0.15, -0.1) is 0 Å². The monoisotopic (exact) mass is 276 g/mol. The summed E-state index contributed by atoms with van der Waals surface area (Å²) in [5, 5.41) is 0. The van der Waals surface area contributed by atoms with Gasteiger partial charge < -0.3 is 9.72 Å². The molecular weight excluding hydrogens is 252 g/mol. The first-order chi connectivity index (χ1) is 9.70. The molecular formula is C16H24N2O2. The van der Waals surface area contributed by atoms with Crippen molar-refractivity contribution in [2.24, 2.45) is 5.92 Å². The molecule has 1 N–H and O–H groups in total. The number of carbonyl (C=O) groups excluding carboxylic acids is 1. The van der Waals surface area contributed by atoms with Gasteiger partial charge in [-0.3, -0.25) is 9.69 Å². The van der Waals surface area contributed by atoms with Crippen molar-refractivity contribution in [2.45, 2.75) is 33.1 Å². The molecule has 1 aliphatic heterocycles. The number of hydrogen-bond acceptors (Lipinski definition) is 3. The largest absolute Gasteiger partial charge is 0.379 e. The number of nitrogens with zero attached hydrogens (tertiary/aromatic N) is 1. The van der Waals surface area contributed by atoms with Gasteiger partial charge >= 0.3 is 0 Å². The molecule has 0 aromatic carbocycles. The molecule has 1 atom stereocenters. The molecule has 110 valence electrons. The third-order valence-electron chi connectivity index (χ3n) is 4.73. The van der Waals surface area contributed by atoms with E-state index in [0.717, 1.165) is 57.7 Å². The van der Waals surface area contributed by atoms with Crippen molar-refractivity contribution in [3.63, 3.8) is 0 Å². The number of rotatable bonds is 3. The molecule has 0 saturated carbocycles. The standard InChI is InChI=1S/C16H24N2O2/c1-3-13-11(2)15-14(17-13)5-4-12(16(15)19)10-18-6-8-20-9-7-18/h12,17H,3-10H2,1-2H3. The van der Waals surface area contributed by atoms with Crippen LogP contribution >= 0.6 is 0 Å². The minimum Gasteiger partial charge on any atom is -0.379 e. The molecule has 1 saturated heterocycles. The number of ketones is 1. The smallest absolute Gasteiger partial charge is 0.169 e. The highest BCUT2D eigenvalue weighted by Gasteiger charge is 2.32. The molecule has 2 heterocycles. The number of carbonyl (C=O) groups is 1. The second-order valence-electron chi connectivity index (χ2n) is 5.95. The molecule has 1 fully saturated rings. The van der Waals surface area contributed by atoms with Crippen LogP contribution in [0.25, 0.3) is 0 Å². The molecule has 0 spiro atoms. The molecule has 0 bridgehead atoms. The highest BCUT2D eigenvalue weighted by atomic mass is 16.5. The average molecular weight is 276 g/mol. The fourth-order valence-electron chi connectivity index (χ4n) is 3.51. The molecule has 0 amide bonds. The molecule has 4 nitrogen and oxygen atoms in total. The summed E-state index contributed by atoms with van der Waals surface area (Å²) >= 11 is 0. The van der Waals surface area contributed by atoms with E-state index in [1.807, 2.05) is 0 Å². The van der Waals surface area contributed by atoms with E-state index in [0.29, 0.717) is 5.78 Å². The van der Waals surface area contributed by atoms with Crippen molar-refractivity contribution in [1.82, 2.24) is 9.88 Å². The van der Waals surface area contributed by atoms with Gasteiger partial charge in [-0.2, -0.15) is 0 Å². The van der Waals surface area contributed by atoms with Crippen LogP contribution < -0.4 is 0 Å². The lowest BCUT2D eigenvalue weighted by Gasteiger charge is -2.31. The van der Waals surface area contributed by atoms with Crippen LogP contribution in [0, 0.1) is 12.8 Å². The Morgan fingerprint density at radius 1 is 1.35 bits per heavy atom. The van der Waals surface area contributed by atoms with Gasteiger partial charge in [0.05, 0.1) is 13.2 Å². The summed E-state index contributed by atoms with van der Waals surface area (Å²) in [5.41, 5.74) is 4.57. The Hall–Kier alpha value is -1.13. The Balaban J connectivity index is 1.76. The third-order valence-corrected chi connectivity index (χ3v) is 4.73. The molecule has 1 aromatic heterocycles. The number of ether oxygens (including phenoxy) is 1. The van der Waals surface area contributed by atoms with Crippen LogP contribution in [0.5, 0.6) is 0 Å². The molecule has 1 unspecified atom stereocenters. The quantitative estimate of drug-likeness (QED) is 0.918. The maximum absolute atomic E-state index is 12.8. The SMILES string of the molecule is CCc1[nH]c2c(c1C)C(=O)C(CN1CCOCC1)CC2. The first kappa shape index (κ1) is 13.8. The molecule has 4 heteroatoms. The van der Waals surface area contributed by atoms with E-state index in [4.69, 9.17) is 4.74 Å². The Labute approximate surface area is 120 Å². The first-order valence-corrected chi connectivity index (χ1v) is 7.75. The summed E-state index contributed by atoms with van der Waals surface area (Å²) in [6, 6.07) is 0. The summed E-state index contributed by atoms with van der Waals surface area (Å²) in [4.78, 5) is 18.6. The number of hydrogen-bond donors (Lipinski definition) is 1. The minimum absolute atomic E-state index is 0.166. The summed E-state index contributed by atoms with van der Waals surface area (Å²) in [6.07, 6.45) is 2.96. The molecule has 2 aliphatic rings. The average Bonchev–Trinajstić information content (AvgIpc) is 2.80. The first-order valence-electron chi connectivity index (χ1n) is 7.75. The number of Topliss-reactive ketones (excluding diaryl/α,β-unsaturated/α-hetero) is 1. The van der Waals surface area contributed by atoms with Crippen molar-refractivity contribution >= 4 is 5.78 Å². The summed E-state index contributed by atoms with van der Waals surface area (Å²) in [6.45, 7) is 8.65. The number of aromatic amines is 1. The Bertz CT molecular complexity index is 501. The molecule has 1 aliphatic carbocycles.